The van der Waals surface area contributed by atoms with Gasteiger partial charge < -0.3 is 10.5 Å². The maximum atomic E-state index is 5.86. The Hall–Kier alpha value is -1.06. The van der Waals surface area contributed by atoms with Crippen molar-refractivity contribution in [2.45, 2.75) is 46.1 Å². The Bertz CT molecular complexity index is 416. The third-order valence-electron chi connectivity index (χ3n) is 4.23. The molecule has 1 heterocycles. The van der Waals surface area contributed by atoms with Gasteiger partial charge in [0, 0.05) is 6.04 Å². The van der Waals surface area contributed by atoms with Crippen LogP contribution in [0.2, 0.25) is 0 Å². The predicted molar refractivity (Wildman–Crippen MR) is 84.3 cm³/mol. The fraction of sp³-hybridized carbons (Fsp3) is 0.647. The van der Waals surface area contributed by atoms with Gasteiger partial charge in [-0.2, -0.15) is 0 Å². The van der Waals surface area contributed by atoms with Crippen molar-refractivity contribution in [3.63, 3.8) is 0 Å². The smallest absolute Gasteiger partial charge is 0.119 e. The van der Waals surface area contributed by atoms with Crippen molar-refractivity contribution in [1.29, 1.82) is 0 Å². The minimum absolute atomic E-state index is 0.471. The number of ether oxygens (including phenoxy) is 1. The minimum Gasteiger partial charge on any atom is -0.494 e. The third kappa shape index (κ3) is 3.33. The van der Waals surface area contributed by atoms with E-state index in [0.29, 0.717) is 6.04 Å². The summed E-state index contributed by atoms with van der Waals surface area (Å²) in [4.78, 5) is 2.60. The molecule has 2 rings (SSSR count). The van der Waals surface area contributed by atoms with Crippen LogP contribution in [0.3, 0.4) is 0 Å². The van der Waals surface area contributed by atoms with Crippen molar-refractivity contribution in [3.8, 4) is 5.75 Å². The lowest BCUT2D eigenvalue weighted by Gasteiger charge is -2.30. The van der Waals surface area contributed by atoms with Crippen molar-refractivity contribution in [2.75, 3.05) is 26.2 Å². The van der Waals surface area contributed by atoms with Gasteiger partial charge in [-0.05, 0) is 88.5 Å². The van der Waals surface area contributed by atoms with Crippen molar-refractivity contribution in [1.82, 2.24) is 4.90 Å². The molecule has 1 unspecified atom stereocenters. The van der Waals surface area contributed by atoms with E-state index in [1.165, 1.54) is 42.6 Å². The summed E-state index contributed by atoms with van der Waals surface area (Å²) in [6.45, 7) is 10.3. The maximum Gasteiger partial charge on any atom is 0.119 e. The molecule has 1 aromatic rings. The molecule has 2 N–H and O–H groups in total. The molecule has 0 aromatic heterocycles. The lowest BCUT2D eigenvalue weighted by Crippen LogP contribution is -2.28. The summed E-state index contributed by atoms with van der Waals surface area (Å²) < 4.78 is 5.65. The van der Waals surface area contributed by atoms with E-state index >= 15 is 0 Å². The van der Waals surface area contributed by atoms with Gasteiger partial charge in [0.25, 0.3) is 0 Å². The second-order valence-corrected chi connectivity index (χ2v) is 5.74. The van der Waals surface area contributed by atoms with Gasteiger partial charge in [-0.3, -0.25) is 4.90 Å². The zero-order valence-electron chi connectivity index (χ0n) is 13.1. The molecule has 0 spiro atoms. The van der Waals surface area contributed by atoms with Gasteiger partial charge in [0.05, 0.1) is 6.61 Å². The highest BCUT2D eigenvalue weighted by Gasteiger charge is 2.25. The highest BCUT2D eigenvalue weighted by atomic mass is 16.5. The summed E-state index contributed by atoms with van der Waals surface area (Å²) in [5, 5.41) is 0. The first-order valence-corrected chi connectivity index (χ1v) is 7.85. The van der Waals surface area contributed by atoms with Crippen LogP contribution in [0.25, 0.3) is 0 Å². The molecule has 0 saturated carbocycles. The molecule has 3 heteroatoms. The zero-order chi connectivity index (χ0) is 14.5. The van der Waals surface area contributed by atoms with Crippen LogP contribution >= 0.6 is 0 Å². The molecule has 1 fully saturated rings. The fourth-order valence-electron chi connectivity index (χ4n) is 3.43. The Labute approximate surface area is 123 Å². The van der Waals surface area contributed by atoms with E-state index < -0.39 is 0 Å². The number of nitrogens with two attached hydrogens (primary N) is 1. The molecule has 0 radical (unpaired) electrons. The quantitative estimate of drug-likeness (QED) is 0.867. The van der Waals surface area contributed by atoms with E-state index in [-0.39, 0.29) is 0 Å². The van der Waals surface area contributed by atoms with Crippen molar-refractivity contribution in [2.24, 2.45) is 5.73 Å². The molecule has 1 aliphatic rings. The minimum atomic E-state index is 0.471. The second-order valence-electron chi connectivity index (χ2n) is 5.74. The molecular formula is C17H28N2O. The summed E-state index contributed by atoms with van der Waals surface area (Å²) >= 11 is 0. The van der Waals surface area contributed by atoms with Crippen LogP contribution in [-0.4, -0.2) is 31.1 Å². The Morgan fingerprint density at radius 1 is 1.20 bits per heavy atom. The van der Waals surface area contributed by atoms with Gasteiger partial charge in [0.15, 0.2) is 0 Å². The average molecular weight is 276 g/mol. The van der Waals surface area contributed by atoms with Gasteiger partial charge in [-0.15, -0.1) is 0 Å². The van der Waals surface area contributed by atoms with E-state index in [1.807, 2.05) is 6.92 Å². The molecule has 1 saturated heterocycles. The van der Waals surface area contributed by atoms with Crippen molar-refractivity contribution in [3.05, 3.63) is 28.8 Å². The Balaban J connectivity index is 2.32. The van der Waals surface area contributed by atoms with Gasteiger partial charge in [-0.1, -0.05) is 0 Å². The van der Waals surface area contributed by atoms with E-state index in [4.69, 9.17) is 10.5 Å². The topological polar surface area (TPSA) is 38.5 Å². The first-order chi connectivity index (χ1) is 9.67. The van der Waals surface area contributed by atoms with Crippen molar-refractivity contribution >= 4 is 0 Å². The molecule has 0 aliphatic carbocycles. The van der Waals surface area contributed by atoms with E-state index in [2.05, 4.69) is 30.9 Å². The average Bonchev–Trinajstić information content (AvgIpc) is 2.91. The SMILES string of the molecule is CCOc1cc(C)c(C(CCN)N2CCCC2)c(C)c1. The van der Waals surface area contributed by atoms with E-state index in [0.717, 1.165) is 25.3 Å². The van der Waals surface area contributed by atoms with Crippen LogP contribution in [0.5, 0.6) is 5.75 Å². The van der Waals surface area contributed by atoms with E-state index in [1.54, 1.807) is 0 Å². The molecule has 20 heavy (non-hydrogen) atoms. The number of benzene rings is 1. The molecular weight excluding hydrogens is 248 g/mol. The van der Waals surface area contributed by atoms with Crippen LogP contribution < -0.4 is 10.5 Å². The second kappa shape index (κ2) is 7.09. The Kier molecular flexibility index (Phi) is 5.44. The van der Waals surface area contributed by atoms with Gasteiger partial charge in [-0.25, -0.2) is 0 Å². The van der Waals surface area contributed by atoms with Crippen molar-refractivity contribution < 1.29 is 4.74 Å². The summed E-state index contributed by atoms with van der Waals surface area (Å²) in [5.41, 5.74) is 9.98. The largest absolute Gasteiger partial charge is 0.494 e. The van der Waals surface area contributed by atoms with Gasteiger partial charge in [0.1, 0.15) is 5.75 Å². The lowest BCUT2D eigenvalue weighted by atomic mass is 9.92. The molecule has 112 valence electrons. The highest BCUT2D eigenvalue weighted by Crippen LogP contribution is 2.34. The number of rotatable bonds is 6. The predicted octanol–water partition coefficient (Wildman–Crippen LogP) is 3.19. The summed E-state index contributed by atoms with van der Waals surface area (Å²) in [5.74, 6) is 0.985. The normalized spacial score (nSPS) is 17.4. The molecule has 1 atom stereocenters. The van der Waals surface area contributed by atoms with Crippen LogP contribution in [0.4, 0.5) is 0 Å². The number of hydrogen-bond donors (Lipinski definition) is 1. The first kappa shape index (κ1) is 15.3. The molecule has 0 amide bonds. The van der Waals surface area contributed by atoms with Crippen LogP contribution in [0.15, 0.2) is 12.1 Å². The zero-order valence-corrected chi connectivity index (χ0v) is 13.1. The summed E-state index contributed by atoms with van der Waals surface area (Å²) in [7, 11) is 0. The van der Waals surface area contributed by atoms with Crippen LogP contribution in [0.1, 0.15) is 48.9 Å². The monoisotopic (exact) mass is 276 g/mol. The molecule has 1 aliphatic heterocycles. The number of likely N-dealkylation sites (tertiary alicyclic amines) is 1. The number of nitrogens with zero attached hydrogens (tertiary/aromatic N) is 1. The molecule has 1 aromatic carbocycles. The van der Waals surface area contributed by atoms with Gasteiger partial charge in [0.2, 0.25) is 0 Å². The lowest BCUT2D eigenvalue weighted by molar-refractivity contribution is 0.234. The number of aryl methyl sites for hydroxylation is 2. The molecule has 0 bridgehead atoms. The van der Waals surface area contributed by atoms with E-state index in [9.17, 15) is 0 Å². The fourth-order valence-corrected chi connectivity index (χ4v) is 3.43. The Morgan fingerprint density at radius 3 is 2.30 bits per heavy atom. The molecule has 3 nitrogen and oxygen atoms in total. The number of hydrogen-bond acceptors (Lipinski definition) is 3. The first-order valence-electron chi connectivity index (χ1n) is 7.85. The van der Waals surface area contributed by atoms with Crippen LogP contribution in [0, 0.1) is 13.8 Å². The summed E-state index contributed by atoms with van der Waals surface area (Å²) in [6.07, 6.45) is 3.67. The third-order valence-corrected chi connectivity index (χ3v) is 4.23. The standard InChI is InChI=1S/C17H28N2O/c1-4-20-15-11-13(2)17(14(3)12-15)16(7-8-18)19-9-5-6-10-19/h11-12,16H,4-10,18H2,1-3H3. The van der Waals surface area contributed by atoms with Crippen LogP contribution in [-0.2, 0) is 0 Å². The van der Waals surface area contributed by atoms with Gasteiger partial charge >= 0.3 is 0 Å². The Morgan fingerprint density at radius 2 is 1.80 bits per heavy atom. The summed E-state index contributed by atoms with van der Waals surface area (Å²) in [6, 6.07) is 4.81. The highest BCUT2D eigenvalue weighted by molar-refractivity contribution is 5.43. The maximum absolute atomic E-state index is 5.86.